The lowest BCUT2D eigenvalue weighted by molar-refractivity contribution is 0.366. The molecule has 0 N–H and O–H groups in total. The predicted molar refractivity (Wildman–Crippen MR) is 77.8 cm³/mol. The van der Waals surface area contributed by atoms with E-state index in [1.165, 1.54) is 64.2 Å². The Morgan fingerprint density at radius 1 is 1.12 bits per heavy atom. The van der Waals surface area contributed by atoms with Crippen LogP contribution in [0.25, 0.3) is 0 Å². The van der Waals surface area contributed by atoms with Crippen molar-refractivity contribution in [1.29, 1.82) is 0 Å². The molecular formula is C15H29P. The minimum absolute atomic E-state index is 0.942. The summed E-state index contributed by atoms with van der Waals surface area (Å²) in [5.41, 5.74) is 0. The van der Waals surface area contributed by atoms with Crippen LogP contribution in [0.2, 0.25) is 0 Å². The predicted octanol–water partition coefficient (Wildman–Crippen LogP) is 5.49. The highest BCUT2D eigenvalue weighted by atomic mass is 31.0. The lowest BCUT2D eigenvalue weighted by Gasteiger charge is -2.22. The molecule has 0 amide bonds. The minimum atomic E-state index is 0.942. The molecule has 0 spiro atoms. The van der Waals surface area contributed by atoms with E-state index in [4.69, 9.17) is 0 Å². The Kier molecular flexibility index (Phi) is 7.37. The van der Waals surface area contributed by atoms with Gasteiger partial charge in [0.25, 0.3) is 0 Å². The molecule has 16 heavy (non-hydrogen) atoms. The van der Waals surface area contributed by atoms with Gasteiger partial charge in [0, 0.05) is 0 Å². The molecule has 0 unspecified atom stereocenters. The van der Waals surface area contributed by atoms with E-state index in [0.717, 1.165) is 11.8 Å². The van der Waals surface area contributed by atoms with E-state index < -0.39 is 0 Å². The maximum Gasteiger partial charge on any atom is -0.0251 e. The van der Waals surface area contributed by atoms with Gasteiger partial charge in [-0.1, -0.05) is 58.8 Å². The van der Waals surface area contributed by atoms with Crippen molar-refractivity contribution in [3.8, 4) is 0 Å². The van der Waals surface area contributed by atoms with Crippen molar-refractivity contribution in [3.63, 3.8) is 0 Å². The third kappa shape index (κ3) is 5.48. The van der Waals surface area contributed by atoms with E-state index in [9.17, 15) is 0 Å². The van der Waals surface area contributed by atoms with Crippen LogP contribution in [0.15, 0.2) is 0 Å². The largest absolute Gasteiger partial charge is 0.123 e. The second-order valence-electron chi connectivity index (χ2n) is 5.53. The number of rotatable bonds is 7. The van der Waals surface area contributed by atoms with E-state index in [2.05, 4.69) is 22.7 Å². The van der Waals surface area contributed by atoms with Crippen LogP contribution in [0.3, 0.4) is 0 Å². The highest BCUT2D eigenvalue weighted by molar-refractivity contribution is 7.21. The van der Waals surface area contributed by atoms with Gasteiger partial charge in [-0.3, -0.25) is 0 Å². The van der Waals surface area contributed by atoms with Crippen LogP contribution in [-0.2, 0) is 0 Å². The van der Waals surface area contributed by atoms with Crippen LogP contribution in [-0.4, -0.2) is 5.29 Å². The Labute approximate surface area is 104 Å². The molecule has 0 heterocycles. The second-order valence-corrected chi connectivity index (χ2v) is 6.24. The summed E-state index contributed by atoms with van der Waals surface area (Å²) in [5, 5.41) is 1.58. The first-order chi connectivity index (χ1) is 7.76. The van der Waals surface area contributed by atoms with E-state index in [0.29, 0.717) is 0 Å². The first-order valence-electron chi connectivity index (χ1n) is 7.32. The monoisotopic (exact) mass is 240 g/mol. The van der Waals surface area contributed by atoms with Crippen LogP contribution in [0.1, 0.15) is 78.1 Å². The Morgan fingerprint density at radius 3 is 2.31 bits per heavy atom. The first kappa shape index (κ1) is 14.2. The summed E-state index contributed by atoms with van der Waals surface area (Å²) in [6, 6.07) is 0. The van der Waals surface area contributed by atoms with Gasteiger partial charge < -0.3 is 0 Å². The molecule has 1 aliphatic rings. The van der Waals surface area contributed by atoms with Crippen molar-refractivity contribution in [2.75, 3.05) is 0 Å². The van der Waals surface area contributed by atoms with Crippen molar-refractivity contribution in [2.24, 2.45) is 11.8 Å². The van der Waals surface area contributed by atoms with Gasteiger partial charge >= 0.3 is 0 Å². The van der Waals surface area contributed by atoms with Crippen LogP contribution < -0.4 is 0 Å². The van der Waals surface area contributed by atoms with Gasteiger partial charge in [0.15, 0.2) is 0 Å². The average Bonchev–Trinajstić information content (AvgIpc) is 2.31. The standard InChI is InChI=1S/C15H29P/c1-3-13(4-2)10-11-15(16)12-14-8-6-5-7-9-14/h13-14,16H,3-12H2,1-2H3. The highest BCUT2D eigenvalue weighted by Gasteiger charge is 2.15. The van der Waals surface area contributed by atoms with Gasteiger partial charge in [0.2, 0.25) is 0 Å². The minimum Gasteiger partial charge on any atom is -0.123 e. The fourth-order valence-electron chi connectivity index (χ4n) is 2.92. The summed E-state index contributed by atoms with van der Waals surface area (Å²) in [5.74, 6) is 1.93. The molecule has 94 valence electrons. The van der Waals surface area contributed by atoms with Crippen LogP contribution in [0.5, 0.6) is 0 Å². The molecule has 1 saturated carbocycles. The molecule has 0 saturated heterocycles. The zero-order valence-corrected chi connectivity index (χ0v) is 12.2. The van der Waals surface area contributed by atoms with E-state index >= 15 is 0 Å². The molecule has 1 fully saturated rings. The molecule has 0 bridgehead atoms. The third-order valence-corrected chi connectivity index (χ3v) is 4.72. The molecule has 0 aromatic rings. The zero-order chi connectivity index (χ0) is 11.8. The first-order valence-corrected chi connectivity index (χ1v) is 7.82. The molecule has 1 rings (SSSR count). The Balaban J connectivity index is 2.14. The molecule has 0 aromatic heterocycles. The summed E-state index contributed by atoms with van der Waals surface area (Å²) < 4.78 is 0. The van der Waals surface area contributed by atoms with Crippen molar-refractivity contribution in [3.05, 3.63) is 0 Å². The summed E-state index contributed by atoms with van der Waals surface area (Å²) in [7, 11) is 3.87. The van der Waals surface area contributed by atoms with Gasteiger partial charge in [-0.05, 0) is 36.4 Å². The summed E-state index contributed by atoms with van der Waals surface area (Å²) >= 11 is 0. The van der Waals surface area contributed by atoms with Crippen LogP contribution in [0, 0.1) is 11.8 Å². The molecular weight excluding hydrogens is 211 g/mol. The summed E-state index contributed by atoms with van der Waals surface area (Å²) in [6.45, 7) is 4.64. The van der Waals surface area contributed by atoms with E-state index in [1.807, 2.05) is 0 Å². The molecule has 1 aliphatic carbocycles. The third-order valence-electron chi connectivity index (χ3n) is 4.27. The Morgan fingerprint density at radius 2 is 1.75 bits per heavy atom. The lowest BCUT2D eigenvalue weighted by Crippen LogP contribution is -2.11. The van der Waals surface area contributed by atoms with E-state index in [-0.39, 0.29) is 0 Å². The van der Waals surface area contributed by atoms with Crippen LogP contribution in [0.4, 0.5) is 0 Å². The number of hydrogen-bond donors (Lipinski definition) is 0. The molecule has 0 aliphatic heterocycles. The van der Waals surface area contributed by atoms with Gasteiger partial charge in [-0.15, -0.1) is 8.86 Å². The lowest BCUT2D eigenvalue weighted by atomic mass is 9.85. The smallest absolute Gasteiger partial charge is 0.0251 e. The molecule has 0 aromatic carbocycles. The SMILES string of the molecule is CCC(CC)CCC(=P)CC1CCCCC1. The summed E-state index contributed by atoms with van der Waals surface area (Å²) in [6.07, 6.45) is 14.1. The topological polar surface area (TPSA) is 0 Å². The Bertz CT molecular complexity index is 188. The fourth-order valence-corrected chi connectivity index (χ4v) is 3.35. The maximum absolute atomic E-state index is 3.87. The maximum atomic E-state index is 3.87. The number of hydrogen-bond acceptors (Lipinski definition) is 0. The molecule has 0 radical (unpaired) electrons. The normalized spacial score (nSPS) is 17.9. The van der Waals surface area contributed by atoms with Gasteiger partial charge in [0.05, 0.1) is 0 Å². The second kappa shape index (κ2) is 8.29. The molecule has 0 atom stereocenters. The van der Waals surface area contributed by atoms with Gasteiger partial charge in [-0.25, -0.2) is 0 Å². The van der Waals surface area contributed by atoms with Crippen molar-refractivity contribution in [1.82, 2.24) is 0 Å². The van der Waals surface area contributed by atoms with Crippen LogP contribution >= 0.6 is 8.86 Å². The Hall–Kier alpha value is 0.170. The van der Waals surface area contributed by atoms with Crippen molar-refractivity contribution < 1.29 is 0 Å². The van der Waals surface area contributed by atoms with E-state index in [1.54, 1.807) is 5.29 Å². The molecule has 1 heteroatoms. The quantitative estimate of drug-likeness (QED) is 0.516. The average molecular weight is 240 g/mol. The van der Waals surface area contributed by atoms with Crippen molar-refractivity contribution >= 4 is 14.2 Å². The highest BCUT2D eigenvalue weighted by Crippen LogP contribution is 2.28. The fraction of sp³-hybridized carbons (Fsp3) is 0.933. The van der Waals surface area contributed by atoms with Gasteiger partial charge in [-0.2, -0.15) is 0 Å². The zero-order valence-electron chi connectivity index (χ0n) is 11.2. The summed E-state index contributed by atoms with van der Waals surface area (Å²) in [4.78, 5) is 0. The molecule has 0 nitrogen and oxygen atoms in total. The van der Waals surface area contributed by atoms with Crippen molar-refractivity contribution in [2.45, 2.75) is 78.1 Å². The van der Waals surface area contributed by atoms with Gasteiger partial charge in [0.1, 0.15) is 0 Å².